The van der Waals surface area contributed by atoms with Gasteiger partial charge in [0.2, 0.25) is 11.8 Å². The highest BCUT2D eigenvalue weighted by Crippen LogP contribution is 2.31. The maximum Gasteiger partial charge on any atom is 0.270 e. The second-order valence-corrected chi connectivity index (χ2v) is 7.96. The Morgan fingerprint density at radius 3 is 2.84 bits per heavy atom. The first-order valence-corrected chi connectivity index (χ1v) is 10.7. The van der Waals surface area contributed by atoms with Gasteiger partial charge in [0.05, 0.1) is 0 Å². The van der Waals surface area contributed by atoms with Gasteiger partial charge in [-0.1, -0.05) is 12.8 Å². The Hall–Kier alpha value is -3.90. The van der Waals surface area contributed by atoms with E-state index in [9.17, 15) is 10.1 Å². The van der Waals surface area contributed by atoms with Crippen LogP contribution in [0.2, 0.25) is 0 Å². The van der Waals surface area contributed by atoms with Crippen molar-refractivity contribution in [3.8, 4) is 6.07 Å². The van der Waals surface area contributed by atoms with Crippen molar-refractivity contribution in [1.82, 2.24) is 14.5 Å². The van der Waals surface area contributed by atoms with Crippen molar-refractivity contribution in [2.75, 3.05) is 23.7 Å². The van der Waals surface area contributed by atoms with E-state index in [0.29, 0.717) is 36.0 Å². The first-order valence-electron chi connectivity index (χ1n) is 10.7. The van der Waals surface area contributed by atoms with E-state index >= 15 is 0 Å². The molecule has 3 aromatic heterocycles. The molecule has 0 spiro atoms. The van der Waals surface area contributed by atoms with Gasteiger partial charge in [-0.05, 0) is 31.0 Å². The molecule has 32 heavy (non-hydrogen) atoms. The topological polar surface area (TPSA) is 135 Å². The molecule has 0 atom stereocenters. The fraction of sp³-hybridized carbons (Fsp3) is 0.304. The highest BCUT2D eigenvalue weighted by Gasteiger charge is 2.23. The third-order valence-corrected chi connectivity index (χ3v) is 5.81. The highest BCUT2D eigenvalue weighted by atomic mass is 16.3. The van der Waals surface area contributed by atoms with Crippen molar-refractivity contribution in [3.05, 3.63) is 52.4 Å². The molecule has 3 heterocycles. The maximum absolute atomic E-state index is 12.9. The molecule has 0 aliphatic heterocycles. The number of nitriles is 1. The number of nitrogens with zero attached hydrogens (tertiary/aromatic N) is 4. The van der Waals surface area contributed by atoms with Crippen LogP contribution < -0.4 is 21.9 Å². The van der Waals surface area contributed by atoms with Crippen molar-refractivity contribution in [2.24, 2.45) is 5.73 Å². The molecule has 0 radical (unpaired) electrons. The number of hydrogen-bond donors (Lipinski definition) is 3. The average Bonchev–Trinajstić information content (AvgIpc) is 3.46. The van der Waals surface area contributed by atoms with Crippen molar-refractivity contribution in [2.45, 2.75) is 31.7 Å². The van der Waals surface area contributed by atoms with E-state index in [4.69, 9.17) is 10.2 Å². The Balaban J connectivity index is 1.51. The zero-order valence-corrected chi connectivity index (χ0v) is 17.5. The first kappa shape index (κ1) is 20.0. The number of anilines is 3. The van der Waals surface area contributed by atoms with E-state index in [2.05, 4.69) is 20.6 Å². The summed E-state index contributed by atoms with van der Waals surface area (Å²) in [5, 5.41) is 17.3. The summed E-state index contributed by atoms with van der Waals surface area (Å²) < 4.78 is 7.59. The normalized spacial score (nSPS) is 14.1. The fourth-order valence-corrected chi connectivity index (χ4v) is 4.29. The number of furan rings is 1. The number of aromatic nitrogens is 3. The Morgan fingerprint density at radius 2 is 2.06 bits per heavy atom. The van der Waals surface area contributed by atoms with Crippen LogP contribution in [0.3, 0.4) is 0 Å². The molecule has 1 aliphatic carbocycles. The van der Waals surface area contributed by atoms with Crippen LogP contribution in [0.1, 0.15) is 37.3 Å². The van der Waals surface area contributed by atoms with Gasteiger partial charge in [-0.2, -0.15) is 10.2 Å². The van der Waals surface area contributed by atoms with Gasteiger partial charge in [0.25, 0.3) is 5.56 Å². The van der Waals surface area contributed by atoms with Crippen LogP contribution in [0.5, 0.6) is 0 Å². The highest BCUT2D eigenvalue weighted by molar-refractivity contribution is 5.85. The number of fused-ring (bicyclic) bond motifs is 2. The SMILES string of the molecule is N#Cc1cc2cnc(Nc3cc4ccc(NCCN)cc4o3)nc2n(C2CCCC2)c1=O. The second-order valence-electron chi connectivity index (χ2n) is 7.96. The third-order valence-electron chi connectivity index (χ3n) is 5.81. The number of pyridine rings is 1. The molecular formula is C23H23N7O2. The third kappa shape index (κ3) is 3.65. The Bertz CT molecular complexity index is 1390. The lowest BCUT2D eigenvalue weighted by atomic mass is 10.2. The van der Waals surface area contributed by atoms with Gasteiger partial charge in [-0.3, -0.25) is 14.7 Å². The first-order chi connectivity index (χ1) is 15.7. The summed E-state index contributed by atoms with van der Waals surface area (Å²) in [7, 11) is 0. The summed E-state index contributed by atoms with van der Waals surface area (Å²) in [6.07, 6.45) is 5.56. The van der Waals surface area contributed by atoms with Crippen LogP contribution in [-0.2, 0) is 0 Å². The second kappa shape index (κ2) is 8.32. The lowest BCUT2D eigenvalue weighted by molar-refractivity contribution is 0.515. The van der Waals surface area contributed by atoms with E-state index in [1.54, 1.807) is 16.8 Å². The summed E-state index contributed by atoms with van der Waals surface area (Å²) in [5.74, 6) is 0.827. The molecular weight excluding hydrogens is 406 g/mol. The minimum Gasteiger partial charge on any atom is -0.440 e. The Morgan fingerprint density at radius 1 is 1.22 bits per heavy atom. The molecule has 0 amide bonds. The molecule has 1 aromatic carbocycles. The van der Waals surface area contributed by atoms with Crippen LogP contribution in [-0.4, -0.2) is 27.6 Å². The molecule has 5 rings (SSSR count). The molecule has 0 unspecified atom stereocenters. The van der Waals surface area contributed by atoms with Gasteiger partial charge < -0.3 is 15.5 Å². The standard InChI is InChI=1S/C23H23N7O2/c24-7-8-26-17-6-5-14-10-20(32-19(14)11-17)28-23-27-13-16-9-15(12-25)22(31)30(21(16)29-23)18-3-1-2-4-18/h5-6,9-11,13,18,26H,1-4,7-8,24H2,(H,27,28,29). The van der Waals surface area contributed by atoms with E-state index in [1.165, 1.54) is 0 Å². The van der Waals surface area contributed by atoms with Gasteiger partial charge >= 0.3 is 0 Å². The summed E-state index contributed by atoms with van der Waals surface area (Å²) in [5.41, 5.74) is 7.55. The zero-order valence-electron chi connectivity index (χ0n) is 17.5. The van der Waals surface area contributed by atoms with Crippen LogP contribution >= 0.6 is 0 Å². The zero-order chi connectivity index (χ0) is 22.1. The van der Waals surface area contributed by atoms with Crippen molar-refractivity contribution < 1.29 is 4.42 Å². The molecule has 4 aromatic rings. The molecule has 9 nitrogen and oxygen atoms in total. The van der Waals surface area contributed by atoms with E-state index < -0.39 is 0 Å². The van der Waals surface area contributed by atoms with Crippen LogP contribution in [0, 0.1) is 11.3 Å². The smallest absolute Gasteiger partial charge is 0.270 e. The van der Waals surface area contributed by atoms with Gasteiger partial charge in [0, 0.05) is 53.9 Å². The lowest BCUT2D eigenvalue weighted by Crippen LogP contribution is -2.26. The minimum atomic E-state index is -0.294. The summed E-state index contributed by atoms with van der Waals surface area (Å²) in [6.45, 7) is 1.22. The summed E-state index contributed by atoms with van der Waals surface area (Å²) in [4.78, 5) is 21.9. The predicted molar refractivity (Wildman–Crippen MR) is 123 cm³/mol. The molecule has 9 heteroatoms. The molecule has 1 aliphatic rings. The minimum absolute atomic E-state index is 0.0479. The van der Waals surface area contributed by atoms with Gasteiger partial charge in [0.15, 0.2) is 0 Å². The van der Waals surface area contributed by atoms with E-state index in [1.807, 2.05) is 30.3 Å². The van der Waals surface area contributed by atoms with E-state index in [0.717, 1.165) is 42.3 Å². The summed E-state index contributed by atoms with van der Waals surface area (Å²) >= 11 is 0. The molecule has 0 saturated heterocycles. The number of nitrogens with one attached hydrogen (secondary N) is 2. The Labute approximate surface area is 183 Å². The van der Waals surface area contributed by atoms with Gasteiger partial charge in [-0.15, -0.1) is 0 Å². The van der Waals surface area contributed by atoms with Crippen molar-refractivity contribution in [1.29, 1.82) is 5.26 Å². The predicted octanol–water partition coefficient (Wildman–Crippen LogP) is 3.64. The van der Waals surface area contributed by atoms with Crippen LogP contribution in [0.15, 0.2) is 45.7 Å². The Kier molecular flexibility index (Phi) is 5.21. The van der Waals surface area contributed by atoms with Crippen LogP contribution in [0.25, 0.3) is 22.0 Å². The quantitative estimate of drug-likeness (QED) is 0.423. The molecule has 1 saturated carbocycles. The van der Waals surface area contributed by atoms with Crippen LogP contribution in [0.4, 0.5) is 17.5 Å². The molecule has 1 fully saturated rings. The number of nitrogens with two attached hydrogens (primary N) is 1. The van der Waals surface area contributed by atoms with E-state index in [-0.39, 0.29) is 17.2 Å². The fourth-order valence-electron chi connectivity index (χ4n) is 4.29. The maximum atomic E-state index is 12.9. The molecule has 0 bridgehead atoms. The summed E-state index contributed by atoms with van der Waals surface area (Å²) in [6, 6.07) is 11.3. The van der Waals surface area contributed by atoms with Gasteiger partial charge in [-0.25, -0.2) is 4.98 Å². The number of benzene rings is 1. The van der Waals surface area contributed by atoms with Crippen molar-refractivity contribution >= 4 is 39.5 Å². The number of hydrogen-bond acceptors (Lipinski definition) is 8. The molecule has 162 valence electrons. The largest absolute Gasteiger partial charge is 0.440 e. The number of rotatable bonds is 6. The monoisotopic (exact) mass is 429 g/mol. The average molecular weight is 429 g/mol. The molecule has 4 N–H and O–H groups in total. The van der Waals surface area contributed by atoms with Gasteiger partial charge in [0.1, 0.15) is 22.9 Å². The lowest BCUT2D eigenvalue weighted by Gasteiger charge is -2.16. The van der Waals surface area contributed by atoms with Crippen molar-refractivity contribution in [3.63, 3.8) is 0 Å².